The quantitative estimate of drug-likeness (QED) is 0.806. The van der Waals surface area contributed by atoms with Crippen LogP contribution < -0.4 is 5.32 Å². The third kappa shape index (κ3) is 5.12. The molecule has 0 aromatic carbocycles. The standard InChI is InChI=1S/C19H27NO4S/c1-13-18(16(21)11-23-13)20-19(22)17(9-14-5-3-2-4-6-14)24-10-15-7-8-25-12-15/h7-8,12-14,17-18H,2-6,9-11H2,1H3,(H,20,22). The maximum atomic E-state index is 12.8. The van der Waals surface area contributed by atoms with E-state index in [2.05, 4.69) is 5.32 Å². The lowest BCUT2D eigenvalue weighted by molar-refractivity contribution is -0.137. The zero-order chi connectivity index (χ0) is 17.6. The number of rotatable bonds is 7. The van der Waals surface area contributed by atoms with Gasteiger partial charge in [0.25, 0.3) is 0 Å². The van der Waals surface area contributed by atoms with Crippen LogP contribution in [0.2, 0.25) is 0 Å². The van der Waals surface area contributed by atoms with E-state index in [1.165, 1.54) is 19.3 Å². The number of amides is 1. The fourth-order valence-electron chi connectivity index (χ4n) is 3.65. The Morgan fingerprint density at radius 2 is 2.20 bits per heavy atom. The van der Waals surface area contributed by atoms with Gasteiger partial charge in [-0.15, -0.1) is 0 Å². The summed E-state index contributed by atoms with van der Waals surface area (Å²) in [5, 5.41) is 6.90. The lowest BCUT2D eigenvalue weighted by Crippen LogP contribution is -2.48. The monoisotopic (exact) mass is 365 g/mol. The molecule has 5 nitrogen and oxygen atoms in total. The molecule has 1 aromatic heterocycles. The van der Waals surface area contributed by atoms with E-state index in [0.29, 0.717) is 12.5 Å². The number of ether oxygens (including phenoxy) is 2. The number of Topliss-reactive ketones (excluding diaryl/α,β-unsaturated/α-hetero) is 1. The van der Waals surface area contributed by atoms with Crippen molar-refractivity contribution in [3.63, 3.8) is 0 Å². The van der Waals surface area contributed by atoms with E-state index < -0.39 is 12.1 Å². The highest BCUT2D eigenvalue weighted by atomic mass is 32.1. The van der Waals surface area contributed by atoms with Crippen LogP contribution in [-0.4, -0.2) is 36.5 Å². The Balaban J connectivity index is 1.61. The number of hydrogen-bond acceptors (Lipinski definition) is 5. The second kappa shape index (κ2) is 8.92. The molecule has 3 atom stereocenters. The molecule has 1 N–H and O–H groups in total. The summed E-state index contributed by atoms with van der Waals surface area (Å²) in [7, 11) is 0. The summed E-state index contributed by atoms with van der Waals surface area (Å²) in [6.45, 7) is 2.33. The Morgan fingerprint density at radius 1 is 1.40 bits per heavy atom. The molecular weight excluding hydrogens is 338 g/mol. The summed E-state index contributed by atoms with van der Waals surface area (Å²) >= 11 is 1.62. The summed E-state index contributed by atoms with van der Waals surface area (Å²) < 4.78 is 11.3. The van der Waals surface area contributed by atoms with Crippen molar-refractivity contribution in [2.45, 2.75) is 70.3 Å². The molecule has 1 aromatic rings. The lowest BCUT2D eigenvalue weighted by Gasteiger charge is -2.27. The number of hydrogen-bond donors (Lipinski definition) is 1. The number of carbonyl (C=O) groups excluding carboxylic acids is 2. The van der Waals surface area contributed by atoms with Gasteiger partial charge in [-0.25, -0.2) is 0 Å². The van der Waals surface area contributed by atoms with Gasteiger partial charge in [0.15, 0.2) is 5.78 Å². The number of nitrogens with one attached hydrogen (secondary N) is 1. The zero-order valence-electron chi connectivity index (χ0n) is 14.7. The smallest absolute Gasteiger partial charge is 0.249 e. The fourth-order valence-corrected chi connectivity index (χ4v) is 4.31. The van der Waals surface area contributed by atoms with Crippen LogP contribution in [0.4, 0.5) is 0 Å². The Hall–Kier alpha value is -1.24. The Bertz CT molecular complexity index is 568. The second-order valence-electron chi connectivity index (χ2n) is 7.14. The first-order valence-corrected chi connectivity index (χ1v) is 10.1. The van der Waals surface area contributed by atoms with E-state index in [-0.39, 0.29) is 24.4 Å². The van der Waals surface area contributed by atoms with Gasteiger partial charge in [0.2, 0.25) is 5.91 Å². The molecule has 2 heterocycles. The highest BCUT2D eigenvalue weighted by molar-refractivity contribution is 7.07. The average molecular weight is 365 g/mol. The summed E-state index contributed by atoms with van der Waals surface area (Å²) in [6.07, 6.45) is 6.01. The summed E-state index contributed by atoms with van der Waals surface area (Å²) in [5.41, 5.74) is 1.08. The van der Waals surface area contributed by atoms with Crippen LogP contribution in [-0.2, 0) is 25.7 Å². The lowest BCUT2D eigenvalue weighted by atomic mass is 9.85. The van der Waals surface area contributed by atoms with Crippen molar-refractivity contribution < 1.29 is 19.1 Å². The minimum absolute atomic E-state index is 0.0601. The number of ketones is 1. The SMILES string of the molecule is CC1OCC(=O)C1NC(=O)C(CC1CCCCC1)OCc1ccsc1. The molecule has 2 fully saturated rings. The Kier molecular flexibility index (Phi) is 6.62. The van der Waals surface area contributed by atoms with Crippen LogP contribution >= 0.6 is 11.3 Å². The van der Waals surface area contributed by atoms with E-state index in [4.69, 9.17) is 9.47 Å². The molecule has 1 saturated carbocycles. The Morgan fingerprint density at radius 3 is 2.84 bits per heavy atom. The molecule has 3 rings (SSSR count). The maximum Gasteiger partial charge on any atom is 0.249 e. The molecule has 0 radical (unpaired) electrons. The zero-order valence-corrected chi connectivity index (χ0v) is 15.6. The van der Waals surface area contributed by atoms with Crippen LogP contribution in [0.3, 0.4) is 0 Å². The third-order valence-corrected chi connectivity index (χ3v) is 5.93. The van der Waals surface area contributed by atoms with Crippen molar-refractivity contribution in [3.8, 4) is 0 Å². The minimum atomic E-state index is -0.550. The van der Waals surface area contributed by atoms with Gasteiger partial charge in [-0.3, -0.25) is 9.59 Å². The fraction of sp³-hybridized carbons (Fsp3) is 0.684. The van der Waals surface area contributed by atoms with Gasteiger partial charge in [0.05, 0.1) is 12.7 Å². The third-order valence-electron chi connectivity index (χ3n) is 5.20. The molecule has 138 valence electrons. The van der Waals surface area contributed by atoms with Gasteiger partial charge in [0, 0.05) is 0 Å². The second-order valence-corrected chi connectivity index (χ2v) is 7.92. The van der Waals surface area contributed by atoms with Gasteiger partial charge in [0.1, 0.15) is 18.8 Å². The van der Waals surface area contributed by atoms with Crippen LogP contribution in [0.1, 0.15) is 51.0 Å². The molecular formula is C19H27NO4S. The molecule has 0 bridgehead atoms. The summed E-state index contributed by atoms with van der Waals surface area (Å²) in [4.78, 5) is 24.7. The molecule has 1 aliphatic carbocycles. The first-order chi connectivity index (χ1) is 12.1. The maximum absolute atomic E-state index is 12.8. The largest absolute Gasteiger partial charge is 0.368 e. The highest BCUT2D eigenvalue weighted by Gasteiger charge is 2.36. The molecule has 1 aliphatic heterocycles. The molecule has 1 amide bonds. The minimum Gasteiger partial charge on any atom is -0.368 e. The number of carbonyl (C=O) groups is 2. The van der Waals surface area contributed by atoms with E-state index in [9.17, 15) is 9.59 Å². The van der Waals surface area contributed by atoms with Crippen molar-refractivity contribution in [1.82, 2.24) is 5.32 Å². The van der Waals surface area contributed by atoms with Crippen molar-refractivity contribution >= 4 is 23.0 Å². The molecule has 3 unspecified atom stereocenters. The first-order valence-electron chi connectivity index (χ1n) is 9.21. The molecule has 2 aliphatic rings. The molecule has 6 heteroatoms. The molecule has 1 saturated heterocycles. The predicted molar refractivity (Wildman–Crippen MR) is 96.4 cm³/mol. The van der Waals surface area contributed by atoms with Gasteiger partial charge in [-0.1, -0.05) is 32.1 Å². The summed E-state index contributed by atoms with van der Waals surface area (Å²) in [5.74, 6) is 0.284. The van der Waals surface area contributed by atoms with Crippen LogP contribution in [0.25, 0.3) is 0 Å². The molecule has 0 spiro atoms. The van der Waals surface area contributed by atoms with Crippen LogP contribution in [0.15, 0.2) is 16.8 Å². The van der Waals surface area contributed by atoms with Crippen LogP contribution in [0.5, 0.6) is 0 Å². The first kappa shape index (κ1) is 18.5. The Labute approximate surface area is 153 Å². The van der Waals surface area contributed by atoms with E-state index >= 15 is 0 Å². The van der Waals surface area contributed by atoms with Gasteiger partial charge < -0.3 is 14.8 Å². The predicted octanol–water partition coefficient (Wildman–Crippen LogP) is 3.08. The number of thiophene rings is 1. The van der Waals surface area contributed by atoms with Crippen LogP contribution in [0, 0.1) is 5.92 Å². The summed E-state index contributed by atoms with van der Waals surface area (Å²) in [6, 6.07) is 1.46. The van der Waals surface area contributed by atoms with E-state index in [1.807, 2.05) is 23.8 Å². The van der Waals surface area contributed by atoms with E-state index in [1.54, 1.807) is 11.3 Å². The van der Waals surface area contributed by atoms with Crippen molar-refractivity contribution in [2.24, 2.45) is 5.92 Å². The van der Waals surface area contributed by atoms with Crippen molar-refractivity contribution in [1.29, 1.82) is 0 Å². The van der Waals surface area contributed by atoms with Gasteiger partial charge in [-0.2, -0.15) is 11.3 Å². The van der Waals surface area contributed by atoms with Gasteiger partial charge in [-0.05, 0) is 41.7 Å². The normalized spacial score (nSPS) is 25.9. The molecule has 25 heavy (non-hydrogen) atoms. The van der Waals surface area contributed by atoms with Crippen molar-refractivity contribution in [2.75, 3.05) is 6.61 Å². The van der Waals surface area contributed by atoms with E-state index in [0.717, 1.165) is 24.8 Å². The topological polar surface area (TPSA) is 64.6 Å². The average Bonchev–Trinajstić information content (AvgIpc) is 3.24. The van der Waals surface area contributed by atoms with Crippen molar-refractivity contribution in [3.05, 3.63) is 22.4 Å². The highest BCUT2D eigenvalue weighted by Crippen LogP contribution is 2.28. The van der Waals surface area contributed by atoms with Gasteiger partial charge >= 0.3 is 0 Å².